The number of benzene rings is 1. The summed E-state index contributed by atoms with van der Waals surface area (Å²) in [6.07, 6.45) is 1.49. The number of hydrogen-bond donors (Lipinski definition) is 0. The number of fused-ring (bicyclic) bond motifs is 1. The number of nitrogens with zero attached hydrogens (tertiary/aromatic N) is 2. The molecular formula is C18H20N2O6. The van der Waals surface area contributed by atoms with Crippen molar-refractivity contribution >= 4 is 11.7 Å². The van der Waals surface area contributed by atoms with Crippen molar-refractivity contribution in [2.45, 2.75) is 25.3 Å². The topological polar surface area (TPSA) is 99.0 Å². The van der Waals surface area contributed by atoms with Crippen molar-refractivity contribution in [2.24, 2.45) is 11.8 Å². The van der Waals surface area contributed by atoms with Gasteiger partial charge in [-0.15, -0.1) is 0 Å². The number of amides is 1. The van der Waals surface area contributed by atoms with Crippen LogP contribution in [-0.2, 0) is 4.79 Å². The largest absolute Gasteiger partial charge is 0.486 e. The second kappa shape index (κ2) is 6.59. The van der Waals surface area contributed by atoms with E-state index in [-0.39, 0.29) is 22.5 Å². The van der Waals surface area contributed by atoms with E-state index in [0.717, 1.165) is 0 Å². The molecule has 1 amide bonds. The Morgan fingerprint density at radius 3 is 2.46 bits per heavy atom. The van der Waals surface area contributed by atoms with Crippen LogP contribution in [-0.4, -0.2) is 53.9 Å². The molecule has 138 valence electrons. The number of ketones is 1. The summed E-state index contributed by atoms with van der Waals surface area (Å²) in [6.45, 7) is 1.92. The van der Waals surface area contributed by atoms with Gasteiger partial charge >= 0.3 is 0 Å². The molecule has 0 bridgehead atoms. The van der Waals surface area contributed by atoms with E-state index in [2.05, 4.69) is 0 Å². The van der Waals surface area contributed by atoms with Crippen molar-refractivity contribution in [3.8, 4) is 11.5 Å². The number of Topliss-reactive ketones (excluding diaryl/α,β-unsaturated/α-hetero) is 1. The molecule has 1 aromatic rings. The maximum atomic E-state index is 12.8. The summed E-state index contributed by atoms with van der Waals surface area (Å²) in [7, 11) is 0. The monoisotopic (exact) mass is 360 g/mol. The molecular weight excluding hydrogens is 340 g/mol. The molecule has 0 N–H and O–H groups in total. The molecule has 8 nitrogen and oxygen atoms in total. The Balaban J connectivity index is 1.35. The van der Waals surface area contributed by atoms with Gasteiger partial charge in [0.15, 0.2) is 17.3 Å². The first-order valence-corrected chi connectivity index (χ1v) is 8.90. The van der Waals surface area contributed by atoms with Gasteiger partial charge in [-0.05, 0) is 31.0 Å². The van der Waals surface area contributed by atoms with Crippen molar-refractivity contribution < 1.29 is 24.0 Å². The lowest BCUT2D eigenvalue weighted by atomic mass is 9.88. The van der Waals surface area contributed by atoms with Crippen LogP contribution in [0.5, 0.6) is 11.5 Å². The van der Waals surface area contributed by atoms with E-state index in [1.807, 2.05) is 0 Å². The molecule has 2 unspecified atom stereocenters. The van der Waals surface area contributed by atoms with Crippen LogP contribution >= 0.6 is 0 Å². The highest BCUT2D eigenvalue weighted by Gasteiger charge is 2.54. The van der Waals surface area contributed by atoms with E-state index in [1.165, 1.54) is 0 Å². The fourth-order valence-electron chi connectivity index (χ4n) is 3.71. The summed E-state index contributed by atoms with van der Waals surface area (Å²) in [5, 5.41) is 10.7. The Kier molecular flexibility index (Phi) is 4.26. The minimum Gasteiger partial charge on any atom is -0.486 e. The van der Waals surface area contributed by atoms with Crippen LogP contribution in [0.3, 0.4) is 0 Å². The lowest BCUT2D eigenvalue weighted by Gasteiger charge is -2.31. The molecule has 8 heteroatoms. The second-order valence-corrected chi connectivity index (χ2v) is 7.02. The molecule has 2 atom stereocenters. The Hall–Kier alpha value is -2.64. The van der Waals surface area contributed by atoms with E-state index in [1.54, 1.807) is 23.1 Å². The molecule has 0 spiro atoms. The predicted octanol–water partition coefficient (Wildman–Crippen LogP) is 1.54. The van der Waals surface area contributed by atoms with Gasteiger partial charge in [-0.3, -0.25) is 19.7 Å². The molecule has 2 aliphatic heterocycles. The Morgan fingerprint density at radius 1 is 1.12 bits per heavy atom. The quantitative estimate of drug-likeness (QED) is 0.459. The van der Waals surface area contributed by atoms with Gasteiger partial charge in [-0.2, -0.15) is 0 Å². The van der Waals surface area contributed by atoms with Crippen LogP contribution in [0.4, 0.5) is 0 Å². The third-order valence-electron chi connectivity index (χ3n) is 5.35. The standard InChI is InChI=1S/C18H20N2O6/c21-17(12-1-2-15-16(9-12)26-8-7-25-15)11-3-5-19(6-4-11)18(22)13-10-14(13)20(23)24/h1-2,9,11,13-14H,3-8,10H2. The summed E-state index contributed by atoms with van der Waals surface area (Å²) < 4.78 is 11.0. The maximum Gasteiger partial charge on any atom is 0.232 e. The van der Waals surface area contributed by atoms with Crippen LogP contribution in [0.15, 0.2) is 18.2 Å². The van der Waals surface area contributed by atoms with Gasteiger partial charge in [-0.25, -0.2) is 0 Å². The zero-order valence-electron chi connectivity index (χ0n) is 14.3. The highest BCUT2D eigenvalue weighted by Crippen LogP contribution is 2.36. The molecule has 1 saturated heterocycles. The normalized spacial score (nSPS) is 24.8. The van der Waals surface area contributed by atoms with E-state index < -0.39 is 12.0 Å². The minimum absolute atomic E-state index is 0.0451. The number of rotatable bonds is 4. The summed E-state index contributed by atoms with van der Waals surface area (Å²) in [5.41, 5.74) is 0.592. The zero-order chi connectivity index (χ0) is 18.3. The van der Waals surface area contributed by atoms with E-state index in [4.69, 9.17) is 9.47 Å². The van der Waals surface area contributed by atoms with E-state index in [9.17, 15) is 19.7 Å². The van der Waals surface area contributed by atoms with Crippen LogP contribution in [0.25, 0.3) is 0 Å². The van der Waals surface area contributed by atoms with Crippen LogP contribution in [0, 0.1) is 22.0 Å². The predicted molar refractivity (Wildman–Crippen MR) is 90.0 cm³/mol. The summed E-state index contributed by atoms with van der Waals surface area (Å²) in [6, 6.07) is 4.50. The highest BCUT2D eigenvalue weighted by molar-refractivity contribution is 5.98. The third-order valence-corrected chi connectivity index (χ3v) is 5.35. The number of hydrogen-bond acceptors (Lipinski definition) is 6. The van der Waals surface area contributed by atoms with Gasteiger partial charge in [0.2, 0.25) is 11.9 Å². The van der Waals surface area contributed by atoms with E-state index >= 15 is 0 Å². The van der Waals surface area contributed by atoms with Crippen LogP contribution in [0.2, 0.25) is 0 Å². The number of ether oxygens (including phenoxy) is 2. The summed E-state index contributed by atoms with van der Waals surface area (Å²) >= 11 is 0. The third kappa shape index (κ3) is 3.11. The lowest BCUT2D eigenvalue weighted by Crippen LogP contribution is -2.41. The molecule has 1 saturated carbocycles. The van der Waals surface area contributed by atoms with Gasteiger partial charge in [0.1, 0.15) is 19.1 Å². The zero-order valence-corrected chi connectivity index (χ0v) is 14.3. The van der Waals surface area contributed by atoms with Gasteiger partial charge in [0.05, 0.1) is 0 Å². The average Bonchev–Trinajstić information content (AvgIpc) is 3.48. The van der Waals surface area contributed by atoms with Crippen LogP contribution in [0.1, 0.15) is 29.6 Å². The first kappa shape index (κ1) is 16.8. The highest BCUT2D eigenvalue weighted by atomic mass is 16.6. The average molecular weight is 360 g/mol. The SMILES string of the molecule is O=C(c1ccc2c(c1)OCCO2)C1CCN(C(=O)C2CC2[N+](=O)[O-])CC1. The maximum absolute atomic E-state index is 12.8. The number of carbonyl (C=O) groups excluding carboxylic acids is 2. The minimum atomic E-state index is -0.723. The number of nitro groups is 1. The first-order valence-electron chi connectivity index (χ1n) is 8.90. The lowest BCUT2D eigenvalue weighted by molar-refractivity contribution is -0.497. The second-order valence-electron chi connectivity index (χ2n) is 7.02. The van der Waals surface area contributed by atoms with Crippen molar-refractivity contribution in [1.82, 2.24) is 4.90 Å². The van der Waals surface area contributed by atoms with Gasteiger partial charge in [-0.1, -0.05) is 0 Å². The fraction of sp³-hybridized carbons (Fsp3) is 0.556. The molecule has 2 fully saturated rings. The number of piperidine rings is 1. The Morgan fingerprint density at radius 2 is 1.81 bits per heavy atom. The number of carbonyl (C=O) groups is 2. The van der Waals surface area contributed by atoms with Crippen molar-refractivity contribution in [1.29, 1.82) is 0 Å². The van der Waals surface area contributed by atoms with Crippen LogP contribution < -0.4 is 9.47 Å². The van der Waals surface area contributed by atoms with Gasteiger partial charge in [0.25, 0.3) is 0 Å². The molecule has 3 aliphatic rings. The summed E-state index contributed by atoms with van der Waals surface area (Å²) in [4.78, 5) is 37.1. The first-order chi connectivity index (χ1) is 12.5. The van der Waals surface area contributed by atoms with Crippen molar-refractivity contribution in [2.75, 3.05) is 26.3 Å². The Labute approximate surface area is 150 Å². The molecule has 26 heavy (non-hydrogen) atoms. The van der Waals surface area contributed by atoms with Gasteiger partial charge in [0, 0.05) is 35.9 Å². The molecule has 4 rings (SSSR count). The molecule has 2 heterocycles. The molecule has 0 radical (unpaired) electrons. The molecule has 0 aromatic heterocycles. The Bertz CT molecular complexity index is 756. The fourth-order valence-corrected chi connectivity index (χ4v) is 3.71. The van der Waals surface area contributed by atoms with E-state index in [0.29, 0.717) is 62.6 Å². The smallest absolute Gasteiger partial charge is 0.232 e. The molecule has 1 aromatic carbocycles. The van der Waals surface area contributed by atoms with Crippen molar-refractivity contribution in [3.63, 3.8) is 0 Å². The van der Waals surface area contributed by atoms with Gasteiger partial charge < -0.3 is 14.4 Å². The molecule has 1 aliphatic carbocycles. The van der Waals surface area contributed by atoms with Crippen molar-refractivity contribution in [3.05, 3.63) is 33.9 Å². The summed E-state index contributed by atoms with van der Waals surface area (Å²) in [5.74, 6) is 0.523. The number of likely N-dealkylation sites (tertiary alicyclic amines) is 1.